The van der Waals surface area contributed by atoms with Gasteiger partial charge in [0.15, 0.2) is 0 Å². The third kappa shape index (κ3) is 9.37. The van der Waals surface area contributed by atoms with E-state index in [9.17, 15) is 19.5 Å². The topological polar surface area (TPSA) is 105 Å². The van der Waals surface area contributed by atoms with Gasteiger partial charge in [0.1, 0.15) is 29.5 Å². The molecule has 0 bridgehead atoms. The molecule has 4 aromatic carbocycles. The Balaban J connectivity index is 1.22. The summed E-state index contributed by atoms with van der Waals surface area (Å²) in [6.07, 6.45) is 5.29. The minimum absolute atomic E-state index is 0.0699. The molecule has 0 aromatic heterocycles. The number of hydrogen-bond acceptors (Lipinski definition) is 5. The standard InChI is InChI=1S/C44H45ClN2O6/c1-28-23-29(15-22-37(28)30-11-7-5-8-12-30)24-38(42(49)50)46-41(48)39-26-33-18-21-36(25-34(33)27-47(39)43(51)53-44(2,3)4)52-40(31-13-9-6-10-14-31)32-16-19-35(45)20-17-32/h5-23,25,28,37-40H,24,26-27H2,1-4H3,(H,46,48)(H,49,50)/t28?,37?,38-,39?,40?/m0/s1. The molecule has 5 atom stereocenters. The van der Waals surface area contributed by atoms with Gasteiger partial charge in [0.05, 0.1) is 6.54 Å². The van der Waals surface area contributed by atoms with E-state index in [0.29, 0.717) is 10.8 Å². The zero-order valence-electron chi connectivity index (χ0n) is 30.4. The number of fused-ring (bicyclic) bond motifs is 1. The van der Waals surface area contributed by atoms with Gasteiger partial charge in [0.25, 0.3) is 0 Å². The number of nitrogens with zero attached hydrogens (tertiary/aromatic N) is 1. The lowest BCUT2D eigenvalue weighted by atomic mass is 9.81. The molecule has 0 saturated heterocycles. The Hall–Kier alpha value is -5.34. The van der Waals surface area contributed by atoms with Crippen LogP contribution in [0.4, 0.5) is 4.79 Å². The van der Waals surface area contributed by atoms with Gasteiger partial charge in [-0.05, 0) is 84.3 Å². The maximum absolute atomic E-state index is 14.0. The summed E-state index contributed by atoms with van der Waals surface area (Å²) in [6.45, 7) is 7.46. The third-order valence-electron chi connectivity index (χ3n) is 9.57. The van der Waals surface area contributed by atoms with E-state index in [-0.39, 0.29) is 31.2 Å². The summed E-state index contributed by atoms with van der Waals surface area (Å²) in [6, 6.07) is 31.0. The summed E-state index contributed by atoms with van der Waals surface area (Å²) in [5, 5.41) is 13.6. The quantitative estimate of drug-likeness (QED) is 0.169. The van der Waals surface area contributed by atoms with Crippen LogP contribution >= 0.6 is 11.6 Å². The average Bonchev–Trinajstić information content (AvgIpc) is 3.13. The molecule has 2 aliphatic rings. The van der Waals surface area contributed by atoms with Crippen LogP contribution in [0.25, 0.3) is 0 Å². The van der Waals surface area contributed by atoms with Crippen LogP contribution in [-0.4, -0.2) is 45.7 Å². The number of rotatable bonds is 10. The van der Waals surface area contributed by atoms with Crippen molar-refractivity contribution in [2.75, 3.05) is 0 Å². The first kappa shape index (κ1) is 37.4. The predicted molar refractivity (Wildman–Crippen MR) is 206 cm³/mol. The molecule has 0 fully saturated rings. The fraction of sp³-hybridized carbons (Fsp3) is 0.295. The van der Waals surface area contributed by atoms with Crippen LogP contribution in [0.15, 0.2) is 127 Å². The van der Waals surface area contributed by atoms with E-state index in [1.165, 1.54) is 10.5 Å². The van der Waals surface area contributed by atoms with Crippen molar-refractivity contribution in [1.29, 1.82) is 0 Å². The van der Waals surface area contributed by atoms with Gasteiger partial charge >= 0.3 is 12.1 Å². The van der Waals surface area contributed by atoms with Crippen molar-refractivity contribution in [3.63, 3.8) is 0 Å². The number of carbonyl (C=O) groups is 3. The highest BCUT2D eigenvalue weighted by Crippen LogP contribution is 2.35. The van der Waals surface area contributed by atoms with Crippen molar-refractivity contribution in [3.8, 4) is 5.75 Å². The van der Waals surface area contributed by atoms with Crippen molar-refractivity contribution in [2.24, 2.45) is 5.92 Å². The highest BCUT2D eigenvalue weighted by Gasteiger charge is 2.39. The second-order valence-corrected chi connectivity index (χ2v) is 15.2. The maximum atomic E-state index is 14.0. The Bertz CT molecular complexity index is 1990. The number of nitrogens with one attached hydrogen (secondary N) is 1. The van der Waals surface area contributed by atoms with Crippen LogP contribution in [-0.2, 0) is 27.3 Å². The molecule has 8 nitrogen and oxygen atoms in total. The zero-order chi connectivity index (χ0) is 37.7. The van der Waals surface area contributed by atoms with E-state index >= 15 is 0 Å². The monoisotopic (exact) mass is 732 g/mol. The summed E-state index contributed by atoms with van der Waals surface area (Å²) < 4.78 is 12.4. The molecule has 0 radical (unpaired) electrons. The third-order valence-corrected chi connectivity index (χ3v) is 9.82. The number of halogens is 1. The second-order valence-electron chi connectivity index (χ2n) is 14.7. The number of carboxylic acids is 1. The van der Waals surface area contributed by atoms with Crippen molar-refractivity contribution in [1.82, 2.24) is 10.2 Å². The Labute approximate surface area is 316 Å². The first-order chi connectivity index (χ1) is 25.3. The van der Waals surface area contributed by atoms with E-state index in [1.54, 1.807) is 20.8 Å². The number of aliphatic carboxylic acids is 1. The zero-order valence-corrected chi connectivity index (χ0v) is 31.1. The van der Waals surface area contributed by atoms with E-state index < -0.39 is 41.8 Å². The van der Waals surface area contributed by atoms with Crippen molar-refractivity contribution in [2.45, 2.75) is 76.8 Å². The van der Waals surface area contributed by atoms with Crippen LogP contribution in [0.3, 0.4) is 0 Å². The molecule has 1 aliphatic heterocycles. The summed E-state index contributed by atoms with van der Waals surface area (Å²) >= 11 is 6.19. The van der Waals surface area contributed by atoms with Gasteiger partial charge in [-0.2, -0.15) is 0 Å². The molecule has 0 saturated carbocycles. The molecule has 2 N–H and O–H groups in total. The molecule has 1 heterocycles. The molecule has 0 spiro atoms. The second kappa shape index (κ2) is 16.1. The van der Waals surface area contributed by atoms with Crippen LogP contribution in [0.5, 0.6) is 5.75 Å². The summed E-state index contributed by atoms with van der Waals surface area (Å²) in [4.78, 5) is 41.6. The molecule has 4 aromatic rings. The van der Waals surface area contributed by atoms with Gasteiger partial charge < -0.3 is 19.9 Å². The number of carboxylic acid groups (broad SMARTS) is 1. The Morgan fingerprint density at radius 3 is 2.21 bits per heavy atom. The van der Waals surface area contributed by atoms with Crippen molar-refractivity contribution < 1.29 is 29.0 Å². The maximum Gasteiger partial charge on any atom is 0.411 e. The fourth-order valence-electron chi connectivity index (χ4n) is 6.94. The number of hydrogen-bond donors (Lipinski definition) is 2. The number of carbonyl (C=O) groups excluding carboxylic acids is 2. The predicted octanol–water partition coefficient (Wildman–Crippen LogP) is 9.05. The van der Waals surface area contributed by atoms with Crippen LogP contribution < -0.4 is 10.1 Å². The SMILES string of the molecule is CC1C=C(C[C@H](NC(=O)C2Cc3ccc(OC(c4ccccc4)c4ccc(Cl)cc4)cc3CN2C(=O)OC(C)(C)C)C(=O)O)C=CC1c1ccccc1. The molecule has 9 heteroatoms. The molecular formula is C44H45ClN2O6. The van der Waals surface area contributed by atoms with E-state index in [2.05, 4.69) is 36.5 Å². The molecule has 4 unspecified atom stereocenters. The normalized spacial score (nSPS) is 19.3. The first-order valence-corrected chi connectivity index (χ1v) is 18.3. The molecule has 53 heavy (non-hydrogen) atoms. The Kier molecular flexibility index (Phi) is 11.4. The smallest absolute Gasteiger partial charge is 0.411 e. The lowest BCUT2D eigenvalue weighted by Gasteiger charge is -2.37. The van der Waals surface area contributed by atoms with Gasteiger partial charge in [0.2, 0.25) is 5.91 Å². The van der Waals surface area contributed by atoms with Gasteiger partial charge in [0, 0.05) is 23.8 Å². The number of allylic oxidation sites excluding steroid dienone is 3. The number of amides is 2. The average molecular weight is 733 g/mol. The lowest BCUT2D eigenvalue weighted by Crippen LogP contribution is -2.56. The van der Waals surface area contributed by atoms with Crippen molar-refractivity contribution >= 4 is 29.6 Å². The number of benzene rings is 4. The van der Waals surface area contributed by atoms with E-state index in [4.69, 9.17) is 21.1 Å². The molecule has 274 valence electrons. The molecular weight excluding hydrogens is 688 g/mol. The van der Waals surface area contributed by atoms with Crippen LogP contribution in [0, 0.1) is 5.92 Å². The first-order valence-electron chi connectivity index (χ1n) is 17.9. The molecule has 6 rings (SSSR count). The minimum atomic E-state index is -1.20. The molecule has 1 aliphatic carbocycles. The number of ether oxygens (including phenoxy) is 2. The van der Waals surface area contributed by atoms with Gasteiger partial charge in [-0.25, -0.2) is 9.59 Å². The minimum Gasteiger partial charge on any atom is -0.481 e. The summed E-state index contributed by atoms with van der Waals surface area (Å²) in [5.74, 6) is -0.807. The fourth-order valence-corrected chi connectivity index (χ4v) is 7.07. The Morgan fingerprint density at radius 2 is 1.57 bits per heavy atom. The van der Waals surface area contributed by atoms with Gasteiger partial charge in [-0.1, -0.05) is 116 Å². The highest BCUT2D eigenvalue weighted by molar-refractivity contribution is 6.30. The largest absolute Gasteiger partial charge is 0.481 e. The van der Waals surface area contributed by atoms with Crippen LogP contribution in [0.2, 0.25) is 5.02 Å². The van der Waals surface area contributed by atoms with Gasteiger partial charge in [-0.15, -0.1) is 0 Å². The summed E-state index contributed by atoms with van der Waals surface area (Å²) in [5.41, 5.74) is 4.73. The van der Waals surface area contributed by atoms with Gasteiger partial charge in [-0.3, -0.25) is 9.69 Å². The van der Waals surface area contributed by atoms with Crippen LogP contribution in [0.1, 0.15) is 74.0 Å². The van der Waals surface area contributed by atoms with Crippen molar-refractivity contribution in [3.05, 3.63) is 160 Å². The lowest BCUT2D eigenvalue weighted by molar-refractivity contribution is -0.142. The highest BCUT2D eigenvalue weighted by atomic mass is 35.5. The van der Waals surface area contributed by atoms with E-state index in [1.807, 2.05) is 97.1 Å². The summed E-state index contributed by atoms with van der Waals surface area (Å²) in [7, 11) is 0. The Morgan fingerprint density at radius 1 is 0.906 bits per heavy atom. The molecule has 2 amide bonds. The van der Waals surface area contributed by atoms with E-state index in [0.717, 1.165) is 27.8 Å².